The number of hydrogen-bond acceptors (Lipinski definition) is 8. The normalized spacial score (nSPS) is 17.0. The average Bonchev–Trinajstić information content (AvgIpc) is 3.32. The number of fused-ring (bicyclic) bond motifs is 1. The van der Waals surface area contributed by atoms with Crippen molar-refractivity contribution in [3.05, 3.63) is 40.5 Å². The van der Waals surface area contributed by atoms with E-state index < -0.39 is 11.9 Å². The van der Waals surface area contributed by atoms with Gasteiger partial charge in [-0.15, -0.1) is 11.3 Å². The van der Waals surface area contributed by atoms with Crippen LogP contribution in [0.15, 0.2) is 18.5 Å². The molecule has 0 spiro atoms. The molecule has 0 radical (unpaired) electrons. The highest BCUT2D eigenvalue weighted by Crippen LogP contribution is 2.27. The maximum atomic E-state index is 13.5. The number of amides is 2. The predicted molar refractivity (Wildman–Crippen MR) is 112 cm³/mol. The monoisotopic (exact) mass is 445 g/mol. The molecule has 2 atom stereocenters. The van der Waals surface area contributed by atoms with Gasteiger partial charge in [0, 0.05) is 19.3 Å². The molecule has 2 amide bonds. The molecule has 1 saturated heterocycles. The van der Waals surface area contributed by atoms with Crippen LogP contribution >= 0.6 is 11.3 Å². The third-order valence-corrected chi connectivity index (χ3v) is 5.90. The summed E-state index contributed by atoms with van der Waals surface area (Å²) in [6, 6.07) is 0.682. The van der Waals surface area contributed by atoms with Crippen molar-refractivity contribution in [2.45, 2.75) is 32.4 Å². The fraction of sp³-hybridized carbons (Fsp3) is 0.368. The lowest BCUT2D eigenvalue weighted by atomic mass is 10.1. The first kappa shape index (κ1) is 20.8. The molecule has 0 aliphatic carbocycles. The van der Waals surface area contributed by atoms with Gasteiger partial charge in [-0.3, -0.25) is 9.78 Å². The number of halogens is 1. The van der Waals surface area contributed by atoms with Crippen LogP contribution in [0.2, 0.25) is 0 Å². The topological polar surface area (TPSA) is 133 Å². The van der Waals surface area contributed by atoms with Crippen LogP contribution in [0, 0.1) is 12.7 Å². The van der Waals surface area contributed by atoms with Gasteiger partial charge in [0.05, 0.1) is 23.3 Å². The van der Waals surface area contributed by atoms with E-state index in [1.165, 1.54) is 23.6 Å². The zero-order chi connectivity index (χ0) is 22.1. The summed E-state index contributed by atoms with van der Waals surface area (Å²) in [4.78, 5) is 42.7. The van der Waals surface area contributed by atoms with E-state index in [-0.39, 0.29) is 36.2 Å². The molecule has 162 valence electrons. The lowest BCUT2D eigenvalue weighted by molar-refractivity contribution is 0.0785. The van der Waals surface area contributed by atoms with Gasteiger partial charge in [-0.05, 0) is 31.9 Å². The first-order valence-corrected chi connectivity index (χ1v) is 10.4. The summed E-state index contributed by atoms with van der Waals surface area (Å²) in [6.07, 6.45) is 2.07. The van der Waals surface area contributed by atoms with Crippen LogP contribution in [0.4, 0.5) is 15.1 Å². The smallest absolute Gasteiger partial charge is 0.404 e. The molecule has 1 aliphatic rings. The summed E-state index contributed by atoms with van der Waals surface area (Å²) in [7, 11) is 0. The molecule has 1 aliphatic heterocycles. The minimum atomic E-state index is -1.12. The molecule has 3 aromatic heterocycles. The largest absolute Gasteiger partial charge is 0.465 e. The van der Waals surface area contributed by atoms with E-state index in [0.717, 1.165) is 11.2 Å². The van der Waals surface area contributed by atoms with Crippen LogP contribution in [-0.2, 0) is 0 Å². The molecule has 3 aromatic rings. The number of aromatic nitrogens is 4. The number of nitrogens with one attached hydrogen (secondary N) is 2. The maximum Gasteiger partial charge on any atom is 0.404 e. The molecule has 4 rings (SSSR count). The van der Waals surface area contributed by atoms with Crippen molar-refractivity contribution in [2.24, 2.45) is 0 Å². The fourth-order valence-corrected chi connectivity index (χ4v) is 4.31. The summed E-state index contributed by atoms with van der Waals surface area (Å²) in [6.45, 7) is 4.31. The molecule has 1 unspecified atom stereocenters. The quantitative estimate of drug-likeness (QED) is 0.546. The zero-order valence-electron chi connectivity index (χ0n) is 16.8. The Morgan fingerprint density at radius 1 is 1.32 bits per heavy atom. The average molecular weight is 445 g/mol. The van der Waals surface area contributed by atoms with Gasteiger partial charge in [-0.1, -0.05) is 0 Å². The van der Waals surface area contributed by atoms with Crippen LogP contribution in [0.3, 0.4) is 0 Å². The Hall–Kier alpha value is -3.41. The summed E-state index contributed by atoms with van der Waals surface area (Å²) >= 11 is 1.32. The molecular weight excluding hydrogens is 425 g/mol. The first-order valence-electron chi connectivity index (χ1n) is 9.61. The molecule has 4 heterocycles. The van der Waals surface area contributed by atoms with Crippen molar-refractivity contribution in [3.63, 3.8) is 0 Å². The van der Waals surface area contributed by atoms with Crippen molar-refractivity contribution >= 4 is 39.6 Å². The van der Waals surface area contributed by atoms with E-state index in [9.17, 15) is 14.0 Å². The second-order valence-electron chi connectivity index (χ2n) is 7.27. The van der Waals surface area contributed by atoms with Gasteiger partial charge in [0.1, 0.15) is 10.5 Å². The van der Waals surface area contributed by atoms with Crippen LogP contribution in [0.5, 0.6) is 0 Å². The molecule has 1 fully saturated rings. The highest BCUT2D eigenvalue weighted by atomic mass is 32.1. The zero-order valence-corrected chi connectivity index (χ0v) is 17.6. The maximum absolute atomic E-state index is 13.5. The molecule has 0 bridgehead atoms. The standard InChI is InChI=1S/C19H20FN7O3S/c1-9(11-5-12(20)7-21-6-11)22-18-25-14(15-16(26-18)23-10(2)31-15)17(28)27-4-3-13(8-27)24-19(29)30/h5-7,9,13,24H,3-4,8H2,1-2H3,(H,29,30)(H,22,25,26)/t9-,13?/m0/s1. The van der Waals surface area contributed by atoms with Gasteiger partial charge in [0.2, 0.25) is 5.95 Å². The van der Waals surface area contributed by atoms with E-state index in [0.29, 0.717) is 28.9 Å². The number of likely N-dealkylation sites (tertiary alicyclic amines) is 1. The number of carbonyl (C=O) groups is 2. The number of hydrogen-bond donors (Lipinski definition) is 3. The van der Waals surface area contributed by atoms with Crippen LogP contribution in [0.25, 0.3) is 10.3 Å². The van der Waals surface area contributed by atoms with Crippen molar-refractivity contribution in [2.75, 3.05) is 18.4 Å². The minimum Gasteiger partial charge on any atom is -0.465 e. The van der Waals surface area contributed by atoms with Gasteiger partial charge in [0.15, 0.2) is 11.3 Å². The lowest BCUT2D eigenvalue weighted by Crippen LogP contribution is -2.37. The van der Waals surface area contributed by atoms with Crippen molar-refractivity contribution < 1.29 is 19.1 Å². The first-order chi connectivity index (χ1) is 14.8. The van der Waals surface area contributed by atoms with Crippen LogP contribution in [-0.4, -0.2) is 61.1 Å². The molecule has 12 heteroatoms. The number of pyridine rings is 1. The Kier molecular flexibility index (Phi) is 5.63. The molecule has 31 heavy (non-hydrogen) atoms. The Bertz CT molecular complexity index is 1150. The Balaban J connectivity index is 1.62. The summed E-state index contributed by atoms with van der Waals surface area (Å²) in [5, 5.41) is 15.1. The third-order valence-electron chi connectivity index (χ3n) is 4.94. The summed E-state index contributed by atoms with van der Waals surface area (Å²) in [5.41, 5.74) is 1.21. The number of anilines is 1. The second-order valence-corrected chi connectivity index (χ2v) is 8.47. The summed E-state index contributed by atoms with van der Waals surface area (Å²) < 4.78 is 14.1. The number of carboxylic acid groups (broad SMARTS) is 1. The Morgan fingerprint density at radius 3 is 2.87 bits per heavy atom. The van der Waals surface area contributed by atoms with E-state index in [1.807, 2.05) is 6.92 Å². The van der Waals surface area contributed by atoms with E-state index >= 15 is 0 Å². The van der Waals surface area contributed by atoms with Gasteiger partial charge in [0.25, 0.3) is 5.91 Å². The van der Waals surface area contributed by atoms with Gasteiger partial charge in [-0.25, -0.2) is 19.2 Å². The van der Waals surface area contributed by atoms with Crippen LogP contribution < -0.4 is 10.6 Å². The molecule has 10 nitrogen and oxygen atoms in total. The van der Waals surface area contributed by atoms with Gasteiger partial charge >= 0.3 is 6.09 Å². The SMILES string of the molecule is Cc1nc2nc(N[C@@H](C)c3cncc(F)c3)nc(C(=O)N3CCC(NC(=O)O)C3)c2s1. The van der Waals surface area contributed by atoms with E-state index in [1.54, 1.807) is 11.8 Å². The van der Waals surface area contributed by atoms with Crippen LogP contribution in [0.1, 0.15) is 40.4 Å². The van der Waals surface area contributed by atoms with E-state index in [4.69, 9.17) is 5.11 Å². The molecule has 3 N–H and O–H groups in total. The number of rotatable bonds is 5. The number of carbonyl (C=O) groups excluding carboxylic acids is 1. The Morgan fingerprint density at radius 2 is 2.13 bits per heavy atom. The van der Waals surface area contributed by atoms with E-state index in [2.05, 4.69) is 30.6 Å². The van der Waals surface area contributed by atoms with Gasteiger partial charge in [-0.2, -0.15) is 4.98 Å². The molecular formula is C19H20FN7O3S. The van der Waals surface area contributed by atoms with Crippen molar-refractivity contribution in [1.29, 1.82) is 0 Å². The predicted octanol–water partition coefficient (Wildman–Crippen LogP) is 2.58. The fourth-order valence-electron chi connectivity index (χ4n) is 3.47. The summed E-state index contributed by atoms with van der Waals surface area (Å²) in [5.74, 6) is -0.571. The second kappa shape index (κ2) is 8.38. The number of aryl methyl sites for hydroxylation is 1. The number of thiazole rings is 1. The third kappa shape index (κ3) is 4.53. The highest BCUT2D eigenvalue weighted by Gasteiger charge is 2.31. The van der Waals surface area contributed by atoms with Crippen molar-refractivity contribution in [1.82, 2.24) is 30.2 Å². The minimum absolute atomic E-state index is 0.192. The number of nitrogens with zero attached hydrogens (tertiary/aromatic N) is 5. The van der Waals surface area contributed by atoms with Gasteiger partial charge < -0.3 is 20.6 Å². The lowest BCUT2D eigenvalue weighted by Gasteiger charge is -2.18. The Labute approximate surface area is 180 Å². The molecule has 0 saturated carbocycles. The molecule has 0 aromatic carbocycles. The highest BCUT2D eigenvalue weighted by molar-refractivity contribution is 7.18. The van der Waals surface area contributed by atoms with Crippen molar-refractivity contribution in [3.8, 4) is 0 Å².